The van der Waals surface area contributed by atoms with Gasteiger partial charge in [-0.25, -0.2) is 0 Å². The van der Waals surface area contributed by atoms with Crippen molar-refractivity contribution in [3.63, 3.8) is 0 Å². The Morgan fingerprint density at radius 1 is 1.24 bits per heavy atom. The highest BCUT2D eigenvalue weighted by Crippen LogP contribution is 2.33. The molecule has 0 bridgehead atoms. The number of ether oxygens (including phenoxy) is 1. The summed E-state index contributed by atoms with van der Waals surface area (Å²) in [6.45, 7) is 1.21. The van der Waals surface area contributed by atoms with Gasteiger partial charge in [0.15, 0.2) is 0 Å². The van der Waals surface area contributed by atoms with Gasteiger partial charge in [0.2, 0.25) is 0 Å². The normalized spacial score (nSPS) is 14.1. The van der Waals surface area contributed by atoms with Gasteiger partial charge in [0.05, 0.1) is 22.9 Å². The van der Waals surface area contributed by atoms with Crippen LogP contribution in [-0.4, -0.2) is 19.1 Å². The molecule has 0 saturated heterocycles. The van der Waals surface area contributed by atoms with Crippen LogP contribution >= 0.6 is 27.5 Å². The minimum atomic E-state index is -0.112. The summed E-state index contributed by atoms with van der Waals surface area (Å²) in [5.41, 5.74) is 1.28. The minimum absolute atomic E-state index is 0.112. The van der Waals surface area contributed by atoms with Crippen LogP contribution in [0.25, 0.3) is 0 Å². The molecule has 2 aromatic carbocycles. The Morgan fingerprint density at radius 2 is 2.05 bits per heavy atom. The van der Waals surface area contributed by atoms with Crippen LogP contribution < -0.4 is 9.64 Å². The van der Waals surface area contributed by atoms with Crippen LogP contribution in [0, 0.1) is 0 Å². The van der Waals surface area contributed by atoms with Crippen LogP contribution in [0.2, 0.25) is 5.02 Å². The SMILES string of the molecule is O=C(c1cc(Br)ccc1Cl)N1CCCOc2ccccc21. The predicted molar refractivity (Wildman–Crippen MR) is 87.4 cm³/mol. The summed E-state index contributed by atoms with van der Waals surface area (Å²) in [5, 5.41) is 0.450. The highest BCUT2D eigenvalue weighted by molar-refractivity contribution is 9.10. The van der Waals surface area contributed by atoms with E-state index in [0.29, 0.717) is 23.7 Å². The Labute approximate surface area is 136 Å². The smallest absolute Gasteiger partial charge is 0.259 e. The molecule has 0 saturated carbocycles. The number of anilines is 1. The molecule has 1 amide bonds. The van der Waals surface area contributed by atoms with E-state index in [-0.39, 0.29) is 5.91 Å². The van der Waals surface area contributed by atoms with Crippen molar-refractivity contribution >= 4 is 39.1 Å². The van der Waals surface area contributed by atoms with E-state index in [1.165, 1.54) is 0 Å². The number of para-hydroxylation sites is 2. The number of rotatable bonds is 1. The highest BCUT2D eigenvalue weighted by Gasteiger charge is 2.24. The molecule has 1 aliphatic rings. The van der Waals surface area contributed by atoms with Crippen molar-refractivity contribution in [1.29, 1.82) is 0 Å². The number of hydrogen-bond acceptors (Lipinski definition) is 2. The predicted octanol–water partition coefficient (Wildman–Crippen LogP) is 4.53. The van der Waals surface area contributed by atoms with Gasteiger partial charge < -0.3 is 9.64 Å². The largest absolute Gasteiger partial charge is 0.491 e. The number of benzene rings is 2. The summed E-state index contributed by atoms with van der Waals surface area (Å²) in [5.74, 6) is 0.619. The molecular formula is C16H13BrClNO2. The lowest BCUT2D eigenvalue weighted by molar-refractivity contribution is 0.0987. The van der Waals surface area contributed by atoms with Gasteiger partial charge in [0.1, 0.15) is 5.75 Å². The molecular weight excluding hydrogens is 354 g/mol. The molecule has 5 heteroatoms. The molecule has 1 aliphatic heterocycles. The van der Waals surface area contributed by atoms with Crippen molar-refractivity contribution in [2.45, 2.75) is 6.42 Å². The van der Waals surface area contributed by atoms with Crippen LogP contribution in [0.4, 0.5) is 5.69 Å². The van der Waals surface area contributed by atoms with Gasteiger partial charge in [-0.2, -0.15) is 0 Å². The molecule has 0 unspecified atom stereocenters. The fourth-order valence-electron chi connectivity index (χ4n) is 2.35. The van der Waals surface area contributed by atoms with Crippen molar-refractivity contribution in [3.8, 4) is 5.75 Å². The molecule has 0 atom stereocenters. The zero-order valence-electron chi connectivity index (χ0n) is 11.2. The Kier molecular flexibility index (Phi) is 4.17. The number of carbonyl (C=O) groups excluding carboxylic acids is 1. The standard InChI is InChI=1S/C16H13BrClNO2/c17-11-6-7-13(18)12(10-11)16(20)19-8-3-9-21-15-5-2-1-4-14(15)19/h1-2,4-7,10H,3,8-9H2. The van der Waals surface area contributed by atoms with Gasteiger partial charge in [-0.05, 0) is 36.8 Å². The zero-order chi connectivity index (χ0) is 14.8. The third kappa shape index (κ3) is 2.92. The van der Waals surface area contributed by atoms with E-state index in [1.807, 2.05) is 30.3 Å². The van der Waals surface area contributed by atoms with Crippen LogP contribution in [-0.2, 0) is 0 Å². The fourth-order valence-corrected chi connectivity index (χ4v) is 2.90. The summed E-state index contributed by atoms with van der Waals surface area (Å²) in [4.78, 5) is 14.6. The first kappa shape index (κ1) is 14.4. The quantitative estimate of drug-likeness (QED) is 0.742. The van der Waals surface area contributed by atoms with Crippen LogP contribution in [0.15, 0.2) is 46.9 Å². The monoisotopic (exact) mass is 365 g/mol. The van der Waals surface area contributed by atoms with E-state index in [0.717, 1.165) is 22.3 Å². The number of amides is 1. The number of carbonyl (C=O) groups is 1. The maximum absolute atomic E-state index is 12.9. The molecule has 3 rings (SSSR count). The average molecular weight is 367 g/mol. The van der Waals surface area contributed by atoms with Crippen molar-refractivity contribution in [1.82, 2.24) is 0 Å². The molecule has 0 aromatic heterocycles. The van der Waals surface area contributed by atoms with E-state index < -0.39 is 0 Å². The summed E-state index contributed by atoms with van der Waals surface area (Å²) < 4.78 is 6.51. The van der Waals surface area contributed by atoms with E-state index >= 15 is 0 Å². The average Bonchev–Trinajstić information content (AvgIpc) is 2.71. The van der Waals surface area contributed by atoms with E-state index in [1.54, 1.807) is 17.0 Å². The zero-order valence-corrected chi connectivity index (χ0v) is 13.5. The number of halogens is 2. The first-order valence-corrected chi connectivity index (χ1v) is 7.82. The summed E-state index contributed by atoms with van der Waals surface area (Å²) in [6.07, 6.45) is 0.784. The Morgan fingerprint density at radius 3 is 2.90 bits per heavy atom. The van der Waals surface area contributed by atoms with Crippen molar-refractivity contribution < 1.29 is 9.53 Å². The first-order valence-electron chi connectivity index (χ1n) is 6.65. The topological polar surface area (TPSA) is 29.5 Å². The van der Waals surface area contributed by atoms with Gasteiger partial charge in [-0.3, -0.25) is 4.79 Å². The van der Waals surface area contributed by atoms with E-state index in [4.69, 9.17) is 16.3 Å². The Hall–Kier alpha value is -1.52. The molecule has 0 N–H and O–H groups in total. The molecule has 2 aromatic rings. The van der Waals surface area contributed by atoms with E-state index in [9.17, 15) is 4.79 Å². The first-order chi connectivity index (χ1) is 10.2. The third-order valence-electron chi connectivity index (χ3n) is 3.34. The molecule has 1 heterocycles. The summed E-state index contributed by atoms with van der Waals surface area (Å²) in [7, 11) is 0. The van der Waals surface area contributed by atoms with E-state index in [2.05, 4.69) is 15.9 Å². The lowest BCUT2D eigenvalue weighted by atomic mass is 10.1. The maximum Gasteiger partial charge on any atom is 0.259 e. The molecule has 0 spiro atoms. The lowest BCUT2D eigenvalue weighted by Crippen LogP contribution is -2.31. The molecule has 3 nitrogen and oxygen atoms in total. The Balaban J connectivity index is 2.03. The van der Waals surface area contributed by atoms with Crippen molar-refractivity contribution in [3.05, 3.63) is 57.5 Å². The van der Waals surface area contributed by atoms with Crippen LogP contribution in [0.1, 0.15) is 16.8 Å². The number of nitrogens with zero attached hydrogens (tertiary/aromatic N) is 1. The molecule has 0 radical (unpaired) electrons. The highest BCUT2D eigenvalue weighted by atomic mass is 79.9. The van der Waals surface area contributed by atoms with Crippen LogP contribution in [0.3, 0.4) is 0 Å². The van der Waals surface area contributed by atoms with Gasteiger partial charge in [-0.15, -0.1) is 0 Å². The molecule has 0 fully saturated rings. The maximum atomic E-state index is 12.9. The van der Waals surface area contributed by atoms with Crippen molar-refractivity contribution in [2.75, 3.05) is 18.1 Å². The number of fused-ring (bicyclic) bond motifs is 1. The second kappa shape index (κ2) is 6.08. The van der Waals surface area contributed by atoms with Crippen LogP contribution in [0.5, 0.6) is 5.75 Å². The van der Waals surface area contributed by atoms with Gasteiger partial charge in [0, 0.05) is 11.0 Å². The molecule has 108 valence electrons. The second-order valence-electron chi connectivity index (χ2n) is 4.75. The summed E-state index contributed by atoms with van der Waals surface area (Å²) >= 11 is 9.56. The Bertz CT molecular complexity index is 690. The van der Waals surface area contributed by atoms with Gasteiger partial charge in [0.25, 0.3) is 5.91 Å². The number of hydrogen-bond donors (Lipinski definition) is 0. The van der Waals surface area contributed by atoms with Gasteiger partial charge >= 0.3 is 0 Å². The molecule has 21 heavy (non-hydrogen) atoms. The second-order valence-corrected chi connectivity index (χ2v) is 6.07. The minimum Gasteiger partial charge on any atom is -0.491 e. The lowest BCUT2D eigenvalue weighted by Gasteiger charge is -2.22. The summed E-state index contributed by atoms with van der Waals surface area (Å²) in [6, 6.07) is 12.9. The fraction of sp³-hybridized carbons (Fsp3) is 0.188. The van der Waals surface area contributed by atoms with Gasteiger partial charge in [-0.1, -0.05) is 39.7 Å². The third-order valence-corrected chi connectivity index (χ3v) is 4.17. The molecule has 0 aliphatic carbocycles. The van der Waals surface area contributed by atoms with Crippen molar-refractivity contribution in [2.24, 2.45) is 0 Å².